The molecule has 7 heteroatoms. The standard InChI is InChI=1S/C9H9B2BrN4/c10-9(11)16-4-6(2-13)5-1-7(12)8(14)15-3-5/h1-4,9H,13H2,(H2,14,15). The summed E-state index contributed by atoms with van der Waals surface area (Å²) in [6, 6.07) is 1.79. The number of nitrogen functional groups attached to an aromatic ring is 1. The van der Waals surface area contributed by atoms with Crippen molar-refractivity contribution in [2.75, 3.05) is 5.73 Å². The highest BCUT2D eigenvalue weighted by molar-refractivity contribution is 9.10. The third-order valence-electron chi connectivity index (χ3n) is 1.77. The van der Waals surface area contributed by atoms with Gasteiger partial charge in [-0.3, -0.25) is 0 Å². The number of hydrogen-bond acceptors (Lipinski definition) is 4. The van der Waals surface area contributed by atoms with Crippen molar-refractivity contribution < 1.29 is 0 Å². The van der Waals surface area contributed by atoms with Crippen molar-refractivity contribution in [2.45, 2.75) is 5.84 Å². The molecule has 0 amide bonds. The summed E-state index contributed by atoms with van der Waals surface area (Å²) in [6.07, 6.45) is 4.47. The van der Waals surface area contributed by atoms with Gasteiger partial charge in [0.2, 0.25) is 0 Å². The molecule has 0 aromatic carbocycles. The number of hydrogen-bond donors (Lipinski definition) is 2. The molecule has 4 radical (unpaired) electrons. The van der Waals surface area contributed by atoms with E-state index in [0.717, 1.165) is 5.56 Å². The summed E-state index contributed by atoms with van der Waals surface area (Å²) in [7, 11) is 10.6. The highest BCUT2D eigenvalue weighted by atomic mass is 79.9. The van der Waals surface area contributed by atoms with Crippen molar-refractivity contribution in [3.63, 3.8) is 0 Å². The molecule has 0 aliphatic heterocycles. The first-order valence-corrected chi connectivity index (χ1v) is 5.21. The van der Waals surface area contributed by atoms with Crippen LogP contribution in [-0.2, 0) is 0 Å². The van der Waals surface area contributed by atoms with Crippen LogP contribution in [0.2, 0.25) is 0 Å². The SMILES string of the molecule is [B]C([B])N=CC(=CN)c1cnc(N)c(Br)c1. The molecule has 1 heterocycles. The maximum Gasteiger partial charge on any atom is 0.137 e. The van der Waals surface area contributed by atoms with Gasteiger partial charge in [0, 0.05) is 29.7 Å². The summed E-state index contributed by atoms with van der Waals surface area (Å²) in [5, 5.41) is 0. The Kier molecular flexibility index (Phi) is 4.61. The zero-order valence-electron chi connectivity index (χ0n) is 8.47. The number of rotatable bonds is 3. The van der Waals surface area contributed by atoms with E-state index in [1.54, 1.807) is 12.3 Å². The van der Waals surface area contributed by atoms with Gasteiger partial charge in [-0.05, 0) is 27.8 Å². The lowest BCUT2D eigenvalue weighted by atomic mass is 9.79. The molecule has 4 nitrogen and oxygen atoms in total. The zero-order valence-corrected chi connectivity index (χ0v) is 10.1. The number of aromatic nitrogens is 1. The van der Waals surface area contributed by atoms with Crippen LogP contribution in [0.1, 0.15) is 5.56 Å². The van der Waals surface area contributed by atoms with E-state index in [1.807, 2.05) is 0 Å². The third-order valence-corrected chi connectivity index (χ3v) is 2.40. The van der Waals surface area contributed by atoms with Crippen molar-refractivity contribution in [1.82, 2.24) is 4.98 Å². The number of pyridine rings is 1. The highest BCUT2D eigenvalue weighted by Crippen LogP contribution is 2.21. The van der Waals surface area contributed by atoms with Gasteiger partial charge in [-0.25, -0.2) is 4.98 Å². The fourth-order valence-corrected chi connectivity index (χ4v) is 1.34. The van der Waals surface area contributed by atoms with E-state index in [-0.39, 0.29) is 0 Å². The Morgan fingerprint density at radius 3 is 2.75 bits per heavy atom. The molecular formula is C9H9B2BrN4. The number of halogens is 1. The minimum absolute atomic E-state index is 0.410. The number of nitrogens with zero attached hydrogens (tertiary/aromatic N) is 2. The van der Waals surface area contributed by atoms with E-state index in [2.05, 4.69) is 25.9 Å². The van der Waals surface area contributed by atoms with Gasteiger partial charge in [0.25, 0.3) is 0 Å². The predicted octanol–water partition coefficient (Wildman–Crippen LogP) is 0.417. The maximum atomic E-state index is 5.57. The molecule has 1 rings (SSSR count). The van der Waals surface area contributed by atoms with Gasteiger partial charge in [0.15, 0.2) is 0 Å². The van der Waals surface area contributed by atoms with Crippen molar-refractivity contribution in [1.29, 1.82) is 0 Å². The van der Waals surface area contributed by atoms with Crippen LogP contribution in [0.5, 0.6) is 0 Å². The predicted molar refractivity (Wildman–Crippen MR) is 72.3 cm³/mol. The van der Waals surface area contributed by atoms with E-state index >= 15 is 0 Å². The summed E-state index contributed by atoms with van der Waals surface area (Å²) in [6.45, 7) is 0. The van der Waals surface area contributed by atoms with Crippen molar-refractivity contribution in [3.8, 4) is 0 Å². The lowest BCUT2D eigenvalue weighted by Gasteiger charge is -2.04. The van der Waals surface area contributed by atoms with Gasteiger partial charge < -0.3 is 16.5 Å². The van der Waals surface area contributed by atoms with Crippen LogP contribution < -0.4 is 11.5 Å². The first kappa shape index (κ1) is 12.8. The zero-order chi connectivity index (χ0) is 12.1. The topological polar surface area (TPSA) is 77.3 Å². The average molecular weight is 275 g/mol. The van der Waals surface area contributed by atoms with Gasteiger partial charge >= 0.3 is 0 Å². The molecule has 0 saturated carbocycles. The molecular weight excluding hydrogens is 266 g/mol. The van der Waals surface area contributed by atoms with Gasteiger partial charge in [-0.15, -0.1) is 0 Å². The Bertz CT molecular complexity index is 432. The normalized spacial score (nSPS) is 12.5. The molecule has 0 saturated heterocycles. The fourth-order valence-electron chi connectivity index (χ4n) is 0.987. The second-order valence-electron chi connectivity index (χ2n) is 2.98. The first-order valence-electron chi connectivity index (χ1n) is 4.42. The van der Waals surface area contributed by atoms with Gasteiger partial charge in [0.1, 0.15) is 5.82 Å². The second-order valence-corrected chi connectivity index (χ2v) is 3.84. The average Bonchev–Trinajstić information content (AvgIpc) is 2.23. The number of allylic oxidation sites excluding steroid dienone is 1. The second kappa shape index (κ2) is 5.75. The van der Waals surface area contributed by atoms with Gasteiger partial charge in [-0.1, -0.05) is 0 Å². The van der Waals surface area contributed by atoms with Gasteiger partial charge in [0.05, 0.1) is 20.2 Å². The van der Waals surface area contributed by atoms with E-state index < -0.39 is 5.84 Å². The van der Waals surface area contributed by atoms with Crippen LogP contribution in [-0.4, -0.2) is 32.7 Å². The van der Waals surface area contributed by atoms with Crippen LogP contribution in [0.3, 0.4) is 0 Å². The number of nitrogens with two attached hydrogens (primary N) is 2. The van der Waals surface area contributed by atoms with Crippen molar-refractivity contribution >= 4 is 49.2 Å². The minimum Gasteiger partial charge on any atom is -0.404 e. The Balaban J connectivity index is 3.01. The summed E-state index contributed by atoms with van der Waals surface area (Å²) in [4.78, 5) is 7.82. The molecule has 1 aromatic heterocycles. The lowest BCUT2D eigenvalue weighted by Crippen LogP contribution is -2.03. The van der Waals surface area contributed by atoms with Crippen LogP contribution in [0, 0.1) is 0 Å². The van der Waals surface area contributed by atoms with E-state index in [0.29, 0.717) is 15.9 Å². The molecule has 0 atom stereocenters. The lowest BCUT2D eigenvalue weighted by molar-refractivity contribution is 1.27. The summed E-state index contributed by atoms with van der Waals surface area (Å²) >= 11 is 3.27. The molecule has 16 heavy (non-hydrogen) atoms. The van der Waals surface area contributed by atoms with E-state index in [1.165, 1.54) is 12.4 Å². The van der Waals surface area contributed by atoms with Crippen LogP contribution in [0.15, 0.2) is 27.9 Å². The monoisotopic (exact) mass is 274 g/mol. The Hall–Kier alpha value is -1.23. The molecule has 78 valence electrons. The van der Waals surface area contributed by atoms with Crippen LogP contribution in [0.25, 0.3) is 5.57 Å². The minimum atomic E-state index is -0.764. The third kappa shape index (κ3) is 3.41. The summed E-state index contributed by atoms with van der Waals surface area (Å²) in [5.41, 5.74) is 12.5. The molecule has 0 fully saturated rings. The molecule has 0 bridgehead atoms. The first-order chi connectivity index (χ1) is 7.54. The maximum absolute atomic E-state index is 5.57. The van der Waals surface area contributed by atoms with E-state index in [9.17, 15) is 0 Å². The summed E-state index contributed by atoms with van der Waals surface area (Å²) < 4.78 is 0.690. The molecule has 0 spiro atoms. The van der Waals surface area contributed by atoms with E-state index in [4.69, 9.17) is 27.2 Å². The Morgan fingerprint density at radius 1 is 1.56 bits per heavy atom. The van der Waals surface area contributed by atoms with Gasteiger partial charge in [-0.2, -0.15) is 0 Å². The molecule has 0 aliphatic rings. The molecule has 4 N–H and O–H groups in total. The van der Waals surface area contributed by atoms with Crippen LogP contribution in [0.4, 0.5) is 5.82 Å². The van der Waals surface area contributed by atoms with Crippen LogP contribution >= 0.6 is 15.9 Å². The van der Waals surface area contributed by atoms with Crippen molar-refractivity contribution in [3.05, 3.63) is 28.5 Å². The molecule has 0 unspecified atom stereocenters. The molecule has 1 aromatic rings. The number of anilines is 1. The Morgan fingerprint density at radius 2 is 2.25 bits per heavy atom. The highest BCUT2D eigenvalue weighted by Gasteiger charge is 2.03. The largest absolute Gasteiger partial charge is 0.404 e. The fraction of sp³-hybridized carbons (Fsp3) is 0.111. The Labute approximate surface area is 105 Å². The summed E-state index contributed by atoms with van der Waals surface area (Å²) in [5.74, 6) is -0.354. The molecule has 0 aliphatic carbocycles. The van der Waals surface area contributed by atoms with Crippen molar-refractivity contribution in [2.24, 2.45) is 10.7 Å². The quantitative estimate of drug-likeness (QED) is 0.619. The number of aliphatic imine (C=N–C) groups is 1. The smallest absolute Gasteiger partial charge is 0.137 e.